The zero-order valence-electron chi connectivity index (χ0n) is 15.0. The summed E-state index contributed by atoms with van der Waals surface area (Å²) in [6.07, 6.45) is 5.22. The molecule has 3 aliphatic rings. The van der Waals surface area contributed by atoms with Crippen LogP contribution in [-0.4, -0.2) is 49.1 Å². The lowest BCUT2D eigenvalue weighted by Crippen LogP contribution is -2.53. The van der Waals surface area contributed by atoms with E-state index in [0.29, 0.717) is 19.7 Å². The fourth-order valence-corrected chi connectivity index (χ4v) is 4.34. The third-order valence-corrected chi connectivity index (χ3v) is 6.08. The number of carbonyl (C=O) groups excluding carboxylic acids is 1. The van der Waals surface area contributed by atoms with Crippen molar-refractivity contribution < 1.29 is 14.3 Å². The number of nitrogens with one attached hydrogen (secondary N) is 1. The largest absolute Gasteiger partial charge is 0.347 e. The number of urea groups is 1. The molecule has 0 bridgehead atoms. The minimum Gasteiger partial charge on any atom is -0.347 e. The van der Waals surface area contributed by atoms with Gasteiger partial charge in [-0.2, -0.15) is 0 Å². The number of benzene rings is 1. The fraction of sp³-hybridized carbons (Fsp3) is 0.650. The third kappa shape index (κ3) is 3.27. The van der Waals surface area contributed by atoms with Crippen LogP contribution in [0.2, 0.25) is 0 Å². The Bertz CT molecular complexity index is 607. The van der Waals surface area contributed by atoms with Gasteiger partial charge in [0.25, 0.3) is 0 Å². The fourth-order valence-electron chi connectivity index (χ4n) is 4.34. The number of hydrogen-bond acceptors (Lipinski definition) is 3. The topological polar surface area (TPSA) is 50.8 Å². The van der Waals surface area contributed by atoms with Crippen molar-refractivity contribution in [2.45, 2.75) is 56.3 Å². The minimum atomic E-state index is -0.449. The number of amides is 2. The molecule has 3 fully saturated rings. The molecule has 1 aliphatic carbocycles. The first-order chi connectivity index (χ1) is 12.1. The van der Waals surface area contributed by atoms with E-state index in [0.717, 1.165) is 32.2 Å². The van der Waals surface area contributed by atoms with Crippen molar-refractivity contribution in [3.05, 3.63) is 35.9 Å². The monoisotopic (exact) mass is 344 g/mol. The van der Waals surface area contributed by atoms with Gasteiger partial charge in [0.05, 0.1) is 12.7 Å². The van der Waals surface area contributed by atoms with Gasteiger partial charge in [0, 0.05) is 37.9 Å². The number of piperidine rings is 1. The van der Waals surface area contributed by atoms with Crippen LogP contribution in [0.4, 0.5) is 4.79 Å². The van der Waals surface area contributed by atoms with Crippen LogP contribution in [-0.2, 0) is 14.9 Å². The zero-order valence-corrected chi connectivity index (χ0v) is 15.0. The number of nitrogens with zero attached hydrogens (tertiary/aromatic N) is 1. The standard InChI is InChI=1S/C20H28N2O3/c1-16-14-24-20(25-16)10-12-22(13-11-20)18(23)21-15-19(8-5-9-19)17-6-3-2-4-7-17/h2-4,6-7,16H,5,8-15H2,1H3,(H,21,23)/t16-/m1/s1. The van der Waals surface area contributed by atoms with Gasteiger partial charge in [-0.3, -0.25) is 0 Å². The summed E-state index contributed by atoms with van der Waals surface area (Å²) in [5.74, 6) is -0.449. The summed E-state index contributed by atoms with van der Waals surface area (Å²) in [5, 5.41) is 3.19. The van der Waals surface area contributed by atoms with E-state index in [2.05, 4.69) is 29.6 Å². The summed E-state index contributed by atoms with van der Waals surface area (Å²) in [5.41, 5.74) is 1.47. The molecule has 2 saturated heterocycles. The molecule has 4 rings (SSSR count). The molecule has 0 radical (unpaired) electrons. The molecule has 1 N–H and O–H groups in total. The Balaban J connectivity index is 1.31. The number of rotatable bonds is 3. The van der Waals surface area contributed by atoms with Crippen LogP contribution in [0.25, 0.3) is 0 Å². The molecule has 5 nitrogen and oxygen atoms in total. The third-order valence-electron chi connectivity index (χ3n) is 6.08. The Hall–Kier alpha value is -1.59. The maximum absolute atomic E-state index is 12.6. The van der Waals surface area contributed by atoms with E-state index in [4.69, 9.17) is 9.47 Å². The van der Waals surface area contributed by atoms with Crippen LogP contribution in [0.1, 0.15) is 44.6 Å². The predicted octanol–water partition coefficient (Wildman–Crippen LogP) is 3.05. The lowest BCUT2D eigenvalue weighted by Gasteiger charge is -2.43. The smallest absolute Gasteiger partial charge is 0.317 e. The maximum Gasteiger partial charge on any atom is 0.317 e. The molecule has 136 valence electrons. The van der Waals surface area contributed by atoms with Crippen LogP contribution in [0.3, 0.4) is 0 Å². The van der Waals surface area contributed by atoms with Crippen molar-refractivity contribution in [2.75, 3.05) is 26.2 Å². The molecule has 1 aromatic carbocycles. The molecule has 1 saturated carbocycles. The van der Waals surface area contributed by atoms with Gasteiger partial charge in [-0.15, -0.1) is 0 Å². The van der Waals surface area contributed by atoms with Crippen LogP contribution in [0, 0.1) is 0 Å². The number of carbonyl (C=O) groups is 1. The minimum absolute atomic E-state index is 0.0445. The van der Waals surface area contributed by atoms with Gasteiger partial charge in [-0.05, 0) is 25.3 Å². The predicted molar refractivity (Wildman–Crippen MR) is 95.4 cm³/mol. The van der Waals surface area contributed by atoms with Gasteiger partial charge in [0.15, 0.2) is 5.79 Å². The van der Waals surface area contributed by atoms with Gasteiger partial charge in [0.2, 0.25) is 0 Å². The zero-order chi connectivity index (χ0) is 17.3. The molecule has 2 amide bonds. The molecule has 2 heterocycles. The molecule has 0 aromatic heterocycles. The molecule has 1 aromatic rings. The Labute approximate surface area is 149 Å². The average Bonchev–Trinajstić information content (AvgIpc) is 2.96. The number of ether oxygens (including phenoxy) is 2. The van der Waals surface area contributed by atoms with Crippen LogP contribution >= 0.6 is 0 Å². The van der Waals surface area contributed by atoms with Gasteiger partial charge >= 0.3 is 6.03 Å². The molecule has 25 heavy (non-hydrogen) atoms. The summed E-state index contributed by atoms with van der Waals surface area (Å²) < 4.78 is 11.8. The highest BCUT2D eigenvalue weighted by Gasteiger charge is 2.44. The molecular weight excluding hydrogens is 316 g/mol. The summed E-state index contributed by atoms with van der Waals surface area (Å²) in [6.45, 7) is 4.80. The number of hydrogen-bond donors (Lipinski definition) is 1. The van der Waals surface area contributed by atoms with E-state index in [1.807, 2.05) is 17.9 Å². The van der Waals surface area contributed by atoms with Crippen LogP contribution in [0.15, 0.2) is 30.3 Å². The Morgan fingerprint density at radius 2 is 1.92 bits per heavy atom. The van der Waals surface area contributed by atoms with Crippen LogP contribution < -0.4 is 5.32 Å². The van der Waals surface area contributed by atoms with Crippen molar-refractivity contribution in [1.29, 1.82) is 0 Å². The molecule has 5 heteroatoms. The van der Waals surface area contributed by atoms with E-state index >= 15 is 0 Å². The summed E-state index contributed by atoms with van der Waals surface area (Å²) in [6, 6.07) is 10.6. The second kappa shape index (κ2) is 6.61. The Morgan fingerprint density at radius 3 is 2.48 bits per heavy atom. The molecule has 1 atom stereocenters. The van der Waals surface area contributed by atoms with E-state index in [1.54, 1.807) is 0 Å². The first-order valence-corrected chi connectivity index (χ1v) is 9.51. The Morgan fingerprint density at radius 1 is 1.20 bits per heavy atom. The number of likely N-dealkylation sites (tertiary alicyclic amines) is 1. The van der Waals surface area contributed by atoms with Gasteiger partial charge in [-0.25, -0.2) is 4.79 Å². The summed E-state index contributed by atoms with van der Waals surface area (Å²) >= 11 is 0. The Kier molecular flexibility index (Phi) is 4.46. The lowest BCUT2D eigenvalue weighted by molar-refractivity contribution is -0.189. The quantitative estimate of drug-likeness (QED) is 0.917. The van der Waals surface area contributed by atoms with Gasteiger partial charge in [0.1, 0.15) is 0 Å². The summed E-state index contributed by atoms with van der Waals surface area (Å²) in [7, 11) is 0. The van der Waals surface area contributed by atoms with Crippen molar-refractivity contribution >= 4 is 6.03 Å². The average molecular weight is 344 g/mol. The van der Waals surface area contributed by atoms with Crippen molar-refractivity contribution in [3.63, 3.8) is 0 Å². The highest BCUT2D eigenvalue weighted by molar-refractivity contribution is 5.74. The first kappa shape index (κ1) is 16.9. The van der Waals surface area contributed by atoms with E-state index in [1.165, 1.54) is 12.0 Å². The molecule has 0 unspecified atom stereocenters. The molecular formula is C20H28N2O3. The second-order valence-corrected chi connectivity index (χ2v) is 7.80. The van der Waals surface area contributed by atoms with Gasteiger partial charge < -0.3 is 19.7 Å². The molecule has 2 aliphatic heterocycles. The van der Waals surface area contributed by atoms with Crippen molar-refractivity contribution in [1.82, 2.24) is 10.2 Å². The second-order valence-electron chi connectivity index (χ2n) is 7.80. The van der Waals surface area contributed by atoms with Gasteiger partial charge in [-0.1, -0.05) is 36.8 Å². The van der Waals surface area contributed by atoms with E-state index in [9.17, 15) is 4.79 Å². The van der Waals surface area contributed by atoms with Crippen molar-refractivity contribution in [3.8, 4) is 0 Å². The van der Waals surface area contributed by atoms with E-state index in [-0.39, 0.29) is 17.6 Å². The maximum atomic E-state index is 12.6. The normalized spacial score (nSPS) is 27.1. The molecule has 1 spiro atoms. The van der Waals surface area contributed by atoms with Crippen molar-refractivity contribution in [2.24, 2.45) is 0 Å². The van der Waals surface area contributed by atoms with E-state index < -0.39 is 5.79 Å². The summed E-state index contributed by atoms with van der Waals surface area (Å²) in [4.78, 5) is 14.5. The lowest BCUT2D eigenvalue weighted by atomic mass is 9.64. The highest BCUT2D eigenvalue weighted by Crippen LogP contribution is 2.43. The first-order valence-electron chi connectivity index (χ1n) is 9.51. The van der Waals surface area contributed by atoms with Crippen LogP contribution in [0.5, 0.6) is 0 Å². The SMILES string of the molecule is C[C@@H]1COC2(CCN(C(=O)NCC3(c4ccccc4)CCC3)CC2)O1. The highest BCUT2D eigenvalue weighted by atomic mass is 16.7.